The maximum absolute atomic E-state index is 12.8. The molecule has 134 valence electrons. The minimum absolute atomic E-state index is 0.146. The predicted octanol–water partition coefficient (Wildman–Crippen LogP) is 1.81. The van der Waals surface area contributed by atoms with E-state index in [1.807, 2.05) is 6.92 Å². The highest BCUT2D eigenvalue weighted by molar-refractivity contribution is 6.24. The highest BCUT2D eigenvalue weighted by Crippen LogP contribution is 2.26. The Balaban J connectivity index is 1.70. The zero-order valence-corrected chi connectivity index (χ0v) is 14.4. The van der Waals surface area contributed by atoms with Crippen molar-refractivity contribution in [3.05, 3.63) is 69.8 Å². The van der Waals surface area contributed by atoms with Gasteiger partial charge in [-0.05, 0) is 30.7 Å². The predicted molar refractivity (Wildman–Crippen MR) is 93.8 cm³/mol. The Hall–Kier alpha value is -3.61. The lowest BCUT2D eigenvalue weighted by molar-refractivity contribution is 0.0653. The number of hydrogen-bond acceptors (Lipinski definition) is 5. The van der Waals surface area contributed by atoms with E-state index in [-0.39, 0.29) is 39.3 Å². The largest absolute Gasteiger partial charge is 0.289 e. The Morgan fingerprint density at radius 2 is 1.37 bits per heavy atom. The fourth-order valence-electron chi connectivity index (χ4n) is 3.33. The number of benzene rings is 2. The van der Waals surface area contributed by atoms with Crippen molar-refractivity contribution in [2.24, 2.45) is 0 Å². The van der Waals surface area contributed by atoms with Crippen molar-refractivity contribution in [1.29, 1.82) is 0 Å². The normalized spacial score (nSPS) is 15.1. The Morgan fingerprint density at radius 3 is 2.04 bits per heavy atom. The van der Waals surface area contributed by atoms with Gasteiger partial charge < -0.3 is 0 Å². The van der Waals surface area contributed by atoms with Gasteiger partial charge in [0.2, 0.25) is 0 Å². The summed E-state index contributed by atoms with van der Waals surface area (Å²) in [5, 5.41) is 2.17. The number of carbonyl (C=O) groups excluding carboxylic acids is 5. The highest BCUT2D eigenvalue weighted by Gasteiger charge is 2.35. The van der Waals surface area contributed by atoms with Crippen LogP contribution in [0.25, 0.3) is 0 Å². The fraction of sp³-hybridized carbons (Fsp3) is 0.150. The summed E-state index contributed by atoms with van der Waals surface area (Å²) in [4.78, 5) is 62.1. The average Bonchev–Trinajstić information content (AvgIpc) is 3.09. The minimum atomic E-state index is -0.547. The highest BCUT2D eigenvalue weighted by atomic mass is 16.2. The van der Waals surface area contributed by atoms with E-state index in [2.05, 4.69) is 5.32 Å². The van der Waals surface area contributed by atoms with E-state index in [9.17, 15) is 24.0 Å². The van der Waals surface area contributed by atoms with Crippen LogP contribution in [0.4, 0.5) is 0 Å². The van der Waals surface area contributed by atoms with Crippen LogP contribution < -0.4 is 5.32 Å². The van der Waals surface area contributed by atoms with Gasteiger partial charge in [0.15, 0.2) is 5.78 Å². The molecule has 7 heteroatoms. The number of carbonyl (C=O) groups is 5. The zero-order chi connectivity index (χ0) is 19.3. The molecular weight excluding hydrogens is 348 g/mol. The Labute approximate surface area is 154 Å². The summed E-state index contributed by atoms with van der Waals surface area (Å²) >= 11 is 0. The van der Waals surface area contributed by atoms with Gasteiger partial charge in [-0.2, -0.15) is 0 Å². The van der Waals surface area contributed by atoms with Crippen LogP contribution in [0.1, 0.15) is 70.7 Å². The van der Waals surface area contributed by atoms with Crippen LogP contribution in [-0.4, -0.2) is 40.9 Å². The number of fused-ring (bicyclic) bond motifs is 2. The first kappa shape index (κ1) is 16.8. The molecular formula is C20H14N2O5. The van der Waals surface area contributed by atoms with E-state index < -0.39 is 23.5 Å². The van der Waals surface area contributed by atoms with Gasteiger partial charge in [0, 0.05) is 17.7 Å². The fourth-order valence-corrected chi connectivity index (χ4v) is 3.33. The molecule has 0 spiro atoms. The first-order chi connectivity index (χ1) is 12.9. The number of imide groups is 2. The lowest BCUT2D eigenvalue weighted by atomic mass is 9.96. The summed E-state index contributed by atoms with van der Waals surface area (Å²) in [6.45, 7) is 2.19. The van der Waals surface area contributed by atoms with Crippen molar-refractivity contribution < 1.29 is 24.0 Å². The van der Waals surface area contributed by atoms with Crippen LogP contribution in [0.15, 0.2) is 36.4 Å². The van der Waals surface area contributed by atoms with Gasteiger partial charge >= 0.3 is 0 Å². The van der Waals surface area contributed by atoms with Gasteiger partial charge in [-0.3, -0.25) is 34.2 Å². The Kier molecular flexibility index (Phi) is 3.73. The van der Waals surface area contributed by atoms with Gasteiger partial charge in [0.05, 0.1) is 22.3 Å². The van der Waals surface area contributed by atoms with E-state index in [1.165, 1.54) is 41.3 Å². The summed E-state index contributed by atoms with van der Waals surface area (Å²) in [5.74, 6) is -2.21. The van der Waals surface area contributed by atoms with Crippen LogP contribution in [0.3, 0.4) is 0 Å². The Morgan fingerprint density at radius 1 is 0.815 bits per heavy atom. The molecule has 0 saturated heterocycles. The molecule has 0 radical (unpaired) electrons. The number of nitrogens with one attached hydrogen (secondary N) is 1. The SMILES string of the molecule is CCCN1C(=O)c2ccc(C(=O)c3ccc4c(c3)C(=O)NC4=O)cc2C1=O. The number of nitrogens with zero attached hydrogens (tertiary/aromatic N) is 1. The molecule has 0 atom stereocenters. The van der Waals surface area contributed by atoms with Crippen molar-refractivity contribution >= 4 is 29.4 Å². The molecule has 4 amide bonds. The quantitative estimate of drug-likeness (QED) is 0.660. The topological polar surface area (TPSA) is 101 Å². The molecule has 2 aromatic rings. The van der Waals surface area contributed by atoms with E-state index in [0.717, 1.165) is 0 Å². The van der Waals surface area contributed by atoms with Crippen molar-refractivity contribution in [3.8, 4) is 0 Å². The monoisotopic (exact) mass is 362 g/mol. The molecule has 0 aromatic heterocycles. The van der Waals surface area contributed by atoms with Gasteiger partial charge in [0.1, 0.15) is 0 Å². The van der Waals surface area contributed by atoms with Crippen LogP contribution in [0.2, 0.25) is 0 Å². The van der Waals surface area contributed by atoms with E-state index in [1.54, 1.807) is 0 Å². The summed E-state index contributed by atoms with van der Waals surface area (Å²) < 4.78 is 0. The third-order valence-corrected chi connectivity index (χ3v) is 4.68. The third-order valence-electron chi connectivity index (χ3n) is 4.68. The van der Waals surface area contributed by atoms with Crippen LogP contribution in [0, 0.1) is 0 Å². The standard InChI is InChI=1S/C20H14N2O5/c1-2-7-22-19(26)13-6-4-11(9-15(13)20(22)27)16(23)10-3-5-12-14(8-10)18(25)21-17(12)24/h3-6,8-9H,2,7H2,1H3,(H,21,24,25). The second-order valence-corrected chi connectivity index (χ2v) is 6.40. The molecule has 0 saturated carbocycles. The molecule has 0 unspecified atom stereocenters. The molecule has 2 aliphatic rings. The van der Waals surface area contributed by atoms with Gasteiger partial charge in [0.25, 0.3) is 23.6 Å². The molecule has 4 rings (SSSR count). The summed E-state index contributed by atoms with van der Waals surface area (Å²) in [5.41, 5.74) is 1.31. The second-order valence-electron chi connectivity index (χ2n) is 6.40. The summed E-state index contributed by atoms with van der Waals surface area (Å²) in [7, 11) is 0. The molecule has 0 fully saturated rings. The van der Waals surface area contributed by atoms with Gasteiger partial charge in [-0.25, -0.2) is 0 Å². The van der Waals surface area contributed by atoms with Crippen LogP contribution in [0.5, 0.6) is 0 Å². The Bertz CT molecular complexity index is 1070. The van der Waals surface area contributed by atoms with Gasteiger partial charge in [-0.1, -0.05) is 19.1 Å². The number of rotatable bonds is 4. The average molecular weight is 362 g/mol. The van der Waals surface area contributed by atoms with Crippen LogP contribution in [-0.2, 0) is 0 Å². The maximum Gasteiger partial charge on any atom is 0.261 e. The molecule has 2 heterocycles. The van der Waals surface area contributed by atoms with Gasteiger partial charge in [-0.15, -0.1) is 0 Å². The molecule has 7 nitrogen and oxygen atoms in total. The number of amides is 4. The minimum Gasteiger partial charge on any atom is -0.289 e. The summed E-state index contributed by atoms with van der Waals surface area (Å²) in [6.07, 6.45) is 0.646. The first-order valence-corrected chi connectivity index (χ1v) is 8.47. The lowest BCUT2D eigenvalue weighted by Gasteiger charge is -2.11. The number of ketones is 1. The second kappa shape index (κ2) is 5.98. The van der Waals surface area contributed by atoms with Crippen molar-refractivity contribution in [2.45, 2.75) is 13.3 Å². The summed E-state index contributed by atoms with van der Waals surface area (Å²) in [6, 6.07) is 8.62. The first-order valence-electron chi connectivity index (χ1n) is 8.47. The number of hydrogen-bond donors (Lipinski definition) is 1. The lowest BCUT2D eigenvalue weighted by Crippen LogP contribution is -2.30. The van der Waals surface area contributed by atoms with E-state index in [4.69, 9.17) is 0 Å². The molecule has 2 aromatic carbocycles. The molecule has 1 N–H and O–H groups in total. The van der Waals surface area contributed by atoms with E-state index >= 15 is 0 Å². The van der Waals surface area contributed by atoms with Crippen molar-refractivity contribution in [2.75, 3.05) is 6.54 Å². The van der Waals surface area contributed by atoms with Crippen LogP contribution >= 0.6 is 0 Å². The third kappa shape index (κ3) is 2.47. The molecule has 2 aliphatic heterocycles. The molecule has 0 aliphatic carbocycles. The van der Waals surface area contributed by atoms with Crippen molar-refractivity contribution in [3.63, 3.8) is 0 Å². The zero-order valence-electron chi connectivity index (χ0n) is 14.4. The maximum atomic E-state index is 12.8. The molecule has 0 bridgehead atoms. The van der Waals surface area contributed by atoms with Crippen molar-refractivity contribution in [1.82, 2.24) is 10.2 Å². The van der Waals surface area contributed by atoms with E-state index in [0.29, 0.717) is 13.0 Å². The molecule has 27 heavy (non-hydrogen) atoms. The smallest absolute Gasteiger partial charge is 0.261 e.